The number of anilines is 1. The first-order chi connectivity index (χ1) is 18.1. The summed E-state index contributed by atoms with van der Waals surface area (Å²) in [6.07, 6.45) is 3.15. The molecule has 2 N–H and O–H groups in total. The molecule has 0 aliphatic carbocycles. The van der Waals surface area contributed by atoms with Gasteiger partial charge in [0.15, 0.2) is 5.76 Å². The summed E-state index contributed by atoms with van der Waals surface area (Å²) in [5, 5.41) is 5.55. The van der Waals surface area contributed by atoms with E-state index in [1.165, 1.54) is 17.2 Å². The van der Waals surface area contributed by atoms with Gasteiger partial charge in [-0.3, -0.25) is 19.3 Å². The lowest BCUT2D eigenvalue weighted by Gasteiger charge is -2.32. The Labute approximate surface area is 215 Å². The van der Waals surface area contributed by atoms with Crippen LogP contribution in [0.25, 0.3) is 0 Å². The number of nitrogens with zero attached hydrogens (tertiary/aromatic N) is 1. The largest absolute Gasteiger partial charge is 0.494 e. The molecule has 37 heavy (non-hydrogen) atoms. The molecule has 0 saturated carbocycles. The number of carbonyl (C=O) groups is 3. The van der Waals surface area contributed by atoms with Gasteiger partial charge in [0.2, 0.25) is 11.8 Å². The van der Waals surface area contributed by atoms with Crippen LogP contribution in [-0.4, -0.2) is 50.1 Å². The number of amides is 3. The summed E-state index contributed by atoms with van der Waals surface area (Å²) in [6, 6.07) is 18.1. The molecule has 2 atom stereocenters. The van der Waals surface area contributed by atoms with Crippen LogP contribution in [0, 0.1) is 0 Å². The number of carbonyl (C=O) groups excluding carboxylic acids is 3. The van der Waals surface area contributed by atoms with Crippen molar-refractivity contribution in [1.82, 2.24) is 10.6 Å². The summed E-state index contributed by atoms with van der Waals surface area (Å²) in [7, 11) is 0. The number of hydrogen-bond donors (Lipinski definition) is 2. The summed E-state index contributed by atoms with van der Waals surface area (Å²) in [4.78, 5) is 41.1. The standard InChI is InChI=1S/C28H31N3O6/c1-2-35-22-14-12-21(13-15-22)31(25(32)19-30-27(33)24-11-7-17-37-24)26(20-8-4-3-5-9-20)28(34)29-18-23-10-6-16-36-23/h3-5,7-9,11-15,17,23,26H,2,6,10,16,18-19H2,1H3,(H,29,34)(H,30,33)/t23-,26-/m0/s1. The lowest BCUT2D eigenvalue weighted by atomic mass is 10.0. The number of rotatable bonds is 11. The molecular weight excluding hydrogens is 474 g/mol. The van der Waals surface area contributed by atoms with E-state index in [1.807, 2.05) is 25.1 Å². The zero-order valence-corrected chi connectivity index (χ0v) is 20.7. The highest BCUT2D eigenvalue weighted by Gasteiger charge is 2.33. The number of hydrogen-bond acceptors (Lipinski definition) is 6. The Balaban J connectivity index is 1.63. The Kier molecular flexibility index (Phi) is 8.93. The smallest absolute Gasteiger partial charge is 0.287 e. The van der Waals surface area contributed by atoms with E-state index in [4.69, 9.17) is 13.9 Å². The fourth-order valence-corrected chi connectivity index (χ4v) is 4.21. The Morgan fingerprint density at radius 3 is 2.46 bits per heavy atom. The van der Waals surface area contributed by atoms with Crippen LogP contribution in [0.5, 0.6) is 5.75 Å². The van der Waals surface area contributed by atoms with Gasteiger partial charge >= 0.3 is 0 Å². The molecule has 194 valence electrons. The highest BCUT2D eigenvalue weighted by molar-refractivity contribution is 6.04. The molecule has 9 heteroatoms. The Hall–Kier alpha value is -4.11. The van der Waals surface area contributed by atoms with E-state index in [2.05, 4.69) is 10.6 Å². The van der Waals surface area contributed by atoms with Crippen LogP contribution in [0.1, 0.15) is 41.9 Å². The van der Waals surface area contributed by atoms with Crippen molar-refractivity contribution in [3.63, 3.8) is 0 Å². The lowest BCUT2D eigenvalue weighted by molar-refractivity contribution is -0.126. The molecule has 1 aliphatic rings. The average Bonchev–Trinajstić information content (AvgIpc) is 3.65. The van der Waals surface area contributed by atoms with Crippen molar-refractivity contribution in [3.05, 3.63) is 84.3 Å². The second kappa shape index (κ2) is 12.7. The molecule has 0 bridgehead atoms. The zero-order chi connectivity index (χ0) is 26.0. The molecule has 1 aliphatic heterocycles. The van der Waals surface area contributed by atoms with Gasteiger partial charge in [-0.15, -0.1) is 0 Å². The van der Waals surface area contributed by atoms with Crippen molar-refractivity contribution in [3.8, 4) is 5.75 Å². The predicted octanol–water partition coefficient (Wildman–Crippen LogP) is 3.48. The first-order valence-electron chi connectivity index (χ1n) is 12.4. The summed E-state index contributed by atoms with van der Waals surface area (Å²) in [5.74, 6) is -0.603. The topological polar surface area (TPSA) is 110 Å². The van der Waals surface area contributed by atoms with Gasteiger partial charge in [-0.1, -0.05) is 30.3 Å². The summed E-state index contributed by atoms with van der Waals surface area (Å²) < 4.78 is 16.3. The first kappa shape index (κ1) is 26.0. The van der Waals surface area contributed by atoms with Crippen LogP contribution < -0.4 is 20.3 Å². The van der Waals surface area contributed by atoms with Crippen LogP contribution in [0.2, 0.25) is 0 Å². The van der Waals surface area contributed by atoms with Crippen molar-refractivity contribution >= 4 is 23.4 Å². The van der Waals surface area contributed by atoms with E-state index in [-0.39, 0.29) is 24.3 Å². The van der Waals surface area contributed by atoms with Crippen molar-refractivity contribution in [2.24, 2.45) is 0 Å². The molecule has 1 aromatic heterocycles. The predicted molar refractivity (Wildman–Crippen MR) is 137 cm³/mol. The molecule has 1 fully saturated rings. The molecule has 0 unspecified atom stereocenters. The zero-order valence-electron chi connectivity index (χ0n) is 20.7. The Morgan fingerprint density at radius 2 is 1.81 bits per heavy atom. The third-order valence-corrected chi connectivity index (χ3v) is 5.99. The third-order valence-electron chi connectivity index (χ3n) is 5.99. The maximum atomic E-state index is 13.7. The molecule has 3 amide bonds. The van der Waals surface area contributed by atoms with E-state index in [9.17, 15) is 14.4 Å². The summed E-state index contributed by atoms with van der Waals surface area (Å²) in [5.41, 5.74) is 1.12. The second-order valence-electron chi connectivity index (χ2n) is 8.54. The van der Waals surface area contributed by atoms with Gasteiger partial charge in [0, 0.05) is 18.8 Å². The van der Waals surface area contributed by atoms with E-state index in [1.54, 1.807) is 42.5 Å². The molecule has 3 aromatic rings. The van der Waals surface area contributed by atoms with E-state index >= 15 is 0 Å². The Morgan fingerprint density at radius 1 is 1.03 bits per heavy atom. The van der Waals surface area contributed by atoms with Crippen LogP contribution in [0.4, 0.5) is 5.69 Å². The van der Waals surface area contributed by atoms with Crippen molar-refractivity contribution < 1.29 is 28.3 Å². The minimum Gasteiger partial charge on any atom is -0.494 e. The maximum Gasteiger partial charge on any atom is 0.287 e. The fourth-order valence-electron chi connectivity index (χ4n) is 4.21. The second-order valence-corrected chi connectivity index (χ2v) is 8.54. The van der Waals surface area contributed by atoms with Crippen molar-refractivity contribution in [2.75, 3.05) is 31.2 Å². The normalized spacial score (nSPS) is 15.5. The summed E-state index contributed by atoms with van der Waals surface area (Å²) >= 11 is 0. The third kappa shape index (κ3) is 6.77. The molecule has 0 radical (unpaired) electrons. The number of benzene rings is 2. The molecule has 2 aromatic carbocycles. The summed E-state index contributed by atoms with van der Waals surface area (Å²) in [6.45, 7) is 3.07. The van der Waals surface area contributed by atoms with Crippen LogP contribution >= 0.6 is 0 Å². The van der Waals surface area contributed by atoms with Gasteiger partial charge in [0.25, 0.3) is 5.91 Å². The van der Waals surface area contributed by atoms with E-state index in [0.29, 0.717) is 36.8 Å². The van der Waals surface area contributed by atoms with E-state index < -0.39 is 17.9 Å². The monoisotopic (exact) mass is 505 g/mol. The van der Waals surface area contributed by atoms with Gasteiger partial charge in [-0.2, -0.15) is 0 Å². The van der Waals surface area contributed by atoms with Crippen LogP contribution in [0.15, 0.2) is 77.4 Å². The maximum absolute atomic E-state index is 13.7. The number of ether oxygens (including phenoxy) is 2. The number of nitrogens with one attached hydrogen (secondary N) is 2. The SMILES string of the molecule is CCOc1ccc(N(C(=O)CNC(=O)c2ccco2)[C@H](C(=O)NC[C@@H]2CCCO2)c2ccccc2)cc1. The quantitative estimate of drug-likeness (QED) is 0.413. The van der Waals surface area contributed by atoms with E-state index in [0.717, 1.165) is 12.8 Å². The highest BCUT2D eigenvalue weighted by Crippen LogP contribution is 2.30. The molecule has 9 nitrogen and oxygen atoms in total. The molecule has 4 rings (SSSR count). The number of furan rings is 1. The average molecular weight is 506 g/mol. The van der Waals surface area contributed by atoms with Crippen molar-refractivity contribution in [1.29, 1.82) is 0 Å². The minimum atomic E-state index is -0.978. The van der Waals surface area contributed by atoms with Gasteiger partial charge in [-0.05, 0) is 61.7 Å². The highest BCUT2D eigenvalue weighted by atomic mass is 16.5. The van der Waals surface area contributed by atoms with Crippen LogP contribution in [0.3, 0.4) is 0 Å². The molecular formula is C28H31N3O6. The lowest BCUT2D eigenvalue weighted by Crippen LogP contribution is -2.48. The van der Waals surface area contributed by atoms with Gasteiger partial charge in [-0.25, -0.2) is 0 Å². The van der Waals surface area contributed by atoms with Gasteiger partial charge in [0.05, 0.1) is 25.5 Å². The Bertz CT molecular complexity index is 1160. The van der Waals surface area contributed by atoms with Crippen LogP contribution in [-0.2, 0) is 14.3 Å². The molecule has 0 spiro atoms. The van der Waals surface area contributed by atoms with Crippen molar-refractivity contribution in [2.45, 2.75) is 31.9 Å². The first-order valence-corrected chi connectivity index (χ1v) is 12.4. The van der Waals surface area contributed by atoms with Gasteiger partial charge < -0.3 is 24.5 Å². The molecule has 1 saturated heterocycles. The minimum absolute atomic E-state index is 0.0532. The van der Waals surface area contributed by atoms with Gasteiger partial charge in [0.1, 0.15) is 11.8 Å². The fraction of sp³-hybridized carbons (Fsp3) is 0.321. The molecule has 2 heterocycles.